The number of sulfonamides is 1. The van der Waals surface area contributed by atoms with Gasteiger partial charge in [0.15, 0.2) is 6.10 Å². The van der Waals surface area contributed by atoms with E-state index in [1.54, 1.807) is 0 Å². The summed E-state index contributed by atoms with van der Waals surface area (Å²) in [6.07, 6.45) is 0.489. The lowest BCUT2D eigenvalue weighted by molar-refractivity contribution is 0.0311. The highest BCUT2D eigenvalue weighted by molar-refractivity contribution is 7.89. The Bertz CT molecular complexity index is 580. The number of nitriles is 1. The highest BCUT2D eigenvalue weighted by Crippen LogP contribution is 2.18. The van der Waals surface area contributed by atoms with Crippen molar-refractivity contribution in [3.8, 4) is 6.07 Å². The number of rotatable bonds is 3. The fourth-order valence-corrected chi connectivity index (χ4v) is 3.06. The molecule has 1 aromatic heterocycles. The van der Waals surface area contributed by atoms with Gasteiger partial charge in [-0.1, -0.05) is 0 Å². The molecule has 9 heteroatoms. The number of nitrogens with two attached hydrogens (primary N) is 1. The van der Waals surface area contributed by atoms with E-state index in [0.29, 0.717) is 5.82 Å². The summed E-state index contributed by atoms with van der Waals surface area (Å²) in [6.45, 7) is 0.445. The van der Waals surface area contributed by atoms with Crippen LogP contribution in [0.25, 0.3) is 0 Å². The summed E-state index contributed by atoms with van der Waals surface area (Å²) in [5.41, 5.74) is 2.32. The van der Waals surface area contributed by atoms with E-state index in [4.69, 9.17) is 15.8 Å². The number of anilines is 1. The Labute approximate surface area is 110 Å². The molecule has 0 radical (unpaired) electrons. The average molecular weight is 283 g/mol. The van der Waals surface area contributed by atoms with Crippen molar-refractivity contribution in [3.05, 3.63) is 18.3 Å². The van der Waals surface area contributed by atoms with Crippen molar-refractivity contribution >= 4 is 15.8 Å². The SMILES string of the molecule is N#CC1CN(S(=O)(=O)c2ccc(NN)nc2)CCO1. The van der Waals surface area contributed by atoms with Crippen molar-refractivity contribution in [1.82, 2.24) is 9.29 Å². The van der Waals surface area contributed by atoms with E-state index in [9.17, 15) is 8.42 Å². The van der Waals surface area contributed by atoms with Gasteiger partial charge in [0.25, 0.3) is 0 Å². The topological polar surface area (TPSA) is 121 Å². The molecule has 102 valence electrons. The number of ether oxygens (including phenoxy) is 1. The Morgan fingerprint density at radius 1 is 1.58 bits per heavy atom. The maximum atomic E-state index is 12.3. The van der Waals surface area contributed by atoms with Crippen molar-refractivity contribution in [2.75, 3.05) is 25.1 Å². The Balaban J connectivity index is 2.23. The second-order valence-corrected chi connectivity index (χ2v) is 5.81. The Kier molecular flexibility index (Phi) is 3.96. The highest BCUT2D eigenvalue weighted by Gasteiger charge is 2.30. The molecule has 1 aliphatic heterocycles. The van der Waals surface area contributed by atoms with Crippen molar-refractivity contribution < 1.29 is 13.2 Å². The Morgan fingerprint density at radius 2 is 2.37 bits per heavy atom. The molecule has 0 spiro atoms. The van der Waals surface area contributed by atoms with Crippen LogP contribution in [0.15, 0.2) is 23.2 Å². The molecular weight excluding hydrogens is 270 g/mol. The maximum Gasteiger partial charge on any atom is 0.244 e. The Hall–Kier alpha value is -1.73. The lowest BCUT2D eigenvalue weighted by Gasteiger charge is -2.28. The molecule has 0 amide bonds. The van der Waals surface area contributed by atoms with Crippen molar-refractivity contribution in [1.29, 1.82) is 5.26 Å². The third-order valence-corrected chi connectivity index (χ3v) is 4.54. The van der Waals surface area contributed by atoms with Crippen LogP contribution in [-0.2, 0) is 14.8 Å². The lowest BCUT2D eigenvalue weighted by atomic mass is 10.3. The van der Waals surface area contributed by atoms with E-state index >= 15 is 0 Å². The minimum Gasteiger partial charge on any atom is -0.361 e. The molecule has 1 fully saturated rings. The summed E-state index contributed by atoms with van der Waals surface area (Å²) in [5, 5.41) is 8.78. The highest BCUT2D eigenvalue weighted by atomic mass is 32.2. The van der Waals surface area contributed by atoms with Gasteiger partial charge in [-0.05, 0) is 12.1 Å². The predicted molar refractivity (Wildman–Crippen MR) is 66.2 cm³/mol. The number of hydrogen-bond donors (Lipinski definition) is 2. The van der Waals surface area contributed by atoms with Crippen LogP contribution < -0.4 is 11.3 Å². The van der Waals surface area contributed by atoms with Gasteiger partial charge in [0.2, 0.25) is 10.0 Å². The number of hydrazine groups is 1. The van der Waals surface area contributed by atoms with E-state index in [0.717, 1.165) is 0 Å². The van der Waals surface area contributed by atoms with E-state index in [2.05, 4.69) is 10.4 Å². The van der Waals surface area contributed by atoms with Gasteiger partial charge in [0, 0.05) is 12.7 Å². The zero-order valence-electron chi connectivity index (χ0n) is 9.98. The second-order valence-electron chi connectivity index (χ2n) is 3.88. The molecule has 2 heterocycles. The molecule has 1 unspecified atom stereocenters. The van der Waals surface area contributed by atoms with Gasteiger partial charge in [-0.25, -0.2) is 19.2 Å². The smallest absolute Gasteiger partial charge is 0.244 e. The van der Waals surface area contributed by atoms with Gasteiger partial charge in [0.05, 0.1) is 19.2 Å². The lowest BCUT2D eigenvalue weighted by Crippen LogP contribution is -2.45. The molecular formula is C10H13N5O3S. The van der Waals surface area contributed by atoms with Crippen LogP contribution in [-0.4, -0.2) is 43.5 Å². The van der Waals surface area contributed by atoms with Crippen molar-refractivity contribution in [2.45, 2.75) is 11.0 Å². The van der Waals surface area contributed by atoms with E-state index < -0.39 is 16.1 Å². The second kappa shape index (κ2) is 5.50. The molecule has 0 aromatic carbocycles. The normalized spacial score (nSPS) is 20.7. The number of hydrogen-bond acceptors (Lipinski definition) is 7. The summed E-state index contributed by atoms with van der Waals surface area (Å²) in [4.78, 5) is 3.92. The van der Waals surface area contributed by atoms with Gasteiger partial charge in [-0.15, -0.1) is 0 Å². The van der Waals surface area contributed by atoms with Crippen LogP contribution in [0.2, 0.25) is 0 Å². The number of morpholine rings is 1. The first-order valence-electron chi connectivity index (χ1n) is 5.52. The number of aromatic nitrogens is 1. The van der Waals surface area contributed by atoms with Gasteiger partial charge in [0.1, 0.15) is 10.7 Å². The molecule has 1 aromatic rings. The van der Waals surface area contributed by atoms with Crippen LogP contribution in [0.4, 0.5) is 5.82 Å². The summed E-state index contributed by atoms with van der Waals surface area (Å²) in [5.74, 6) is 5.53. The summed E-state index contributed by atoms with van der Waals surface area (Å²) < 4.78 is 31.0. The standard InChI is InChI=1S/C10H13N5O3S/c11-5-8-7-15(3-4-18-8)19(16,17)9-1-2-10(14-12)13-6-9/h1-2,6,8H,3-4,7,12H2,(H,13,14). The number of nitrogen functional groups attached to an aromatic ring is 1. The third kappa shape index (κ3) is 2.82. The summed E-state index contributed by atoms with van der Waals surface area (Å²) in [7, 11) is -3.66. The van der Waals surface area contributed by atoms with Gasteiger partial charge in [-0.3, -0.25) is 0 Å². The van der Waals surface area contributed by atoms with Gasteiger partial charge >= 0.3 is 0 Å². The quantitative estimate of drug-likeness (QED) is 0.554. The summed E-state index contributed by atoms with van der Waals surface area (Å²) >= 11 is 0. The van der Waals surface area contributed by atoms with E-state index in [1.165, 1.54) is 22.6 Å². The van der Waals surface area contributed by atoms with Crippen molar-refractivity contribution in [2.24, 2.45) is 5.84 Å². The molecule has 3 N–H and O–H groups in total. The zero-order chi connectivity index (χ0) is 13.9. The van der Waals surface area contributed by atoms with E-state index in [1.807, 2.05) is 6.07 Å². The monoisotopic (exact) mass is 283 g/mol. The summed E-state index contributed by atoms with van der Waals surface area (Å²) in [6, 6.07) is 4.78. The molecule has 0 bridgehead atoms. The minimum absolute atomic E-state index is 0.0235. The zero-order valence-corrected chi connectivity index (χ0v) is 10.8. The van der Waals surface area contributed by atoms with Crippen LogP contribution in [0.1, 0.15) is 0 Å². The molecule has 2 rings (SSSR count). The third-order valence-electron chi connectivity index (χ3n) is 2.70. The fraction of sp³-hybridized carbons (Fsp3) is 0.400. The largest absolute Gasteiger partial charge is 0.361 e. The first-order valence-corrected chi connectivity index (χ1v) is 6.96. The molecule has 1 aliphatic rings. The number of nitrogens with one attached hydrogen (secondary N) is 1. The molecule has 0 aliphatic carbocycles. The molecule has 8 nitrogen and oxygen atoms in total. The minimum atomic E-state index is -3.66. The van der Waals surface area contributed by atoms with Crippen LogP contribution in [0.5, 0.6) is 0 Å². The molecule has 1 atom stereocenters. The van der Waals surface area contributed by atoms with Gasteiger partial charge < -0.3 is 10.2 Å². The molecule has 1 saturated heterocycles. The maximum absolute atomic E-state index is 12.3. The fourth-order valence-electron chi connectivity index (χ4n) is 1.69. The van der Waals surface area contributed by atoms with Crippen LogP contribution in [0, 0.1) is 11.3 Å². The van der Waals surface area contributed by atoms with Crippen molar-refractivity contribution in [3.63, 3.8) is 0 Å². The van der Waals surface area contributed by atoms with Crippen LogP contribution >= 0.6 is 0 Å². The Morgan fingerprint density at radius 3 is 2.95 bits per heavy atom. The van der Waals surface area contributed by atoms with Crippen LogP contribution in [0.3, 0.4) is 0 Å². The van der Waals surface area contributed by atoms with Gasteiger partial charge in [-0.2, -0.15) is 9.57 Å². The average Bonchev–Trinajstić information content (AvgIpc) is 2.47. The molecule has 0 saturated carbocycles. The predicted octanol–water partition coefficient (Wildman–Crippen LogP) is -0.720. The number of nitrogens with zero attached hydrogens (tertiary/aromatic N) is 3. The number of pyridine rings is 1. The molecule has 19 heavy (non-hydrogen) atoms. The first kappa shape index (κ1) is 13.7. The van der Waals surface area contributed by atoms with E-state index in [-0.39, 0.29) is 24.6 Å². The first-order chi connectivity index (χ1) is 9.07.